The maximum atomic E-state index is 8.75. The second-order valence-electron chi connectivity index (χ2n) is 4.91. The Kier molecular flexibility index (Phi) is 6.18. The lowest BCUT2D eigenvalue weighted by molar-refractivity contribution is 0.569. The van der Waals surface area contributed by atoms with Gasteiger partial charge in [-0.1, -0.05) is 44.6 Å². The standard InChI is InChI=1S/C16H22N2/c1-4-14(12-18-11-13(2)3)9-15-5-7-16(10-17)8-6-15/h5-9,13,18H,4,11-12H2,1-3H3. The van der Waals surface area contributed by atoms with Crippen LogP contribution >= 0.6 is 0 Å². The maximum Gasteiger partial charge on any atom is 0.0991 e. The van der Waals surface area contributed by atoms with Gasteiger partial charge in [-0.15, -0.1) is 0 Å². The van der Waals surface area contributed by atoms with Crippen molar-refractivity contribution >= 4 is 6.08 Å². The second-order valence-corrected chi connectivity index (χ2v) is 4.91. The monoisotopic (exact) mass is 242 g/mol. The number of nitriles is 1. The van der Waals surface area contributed by atoms with Crippen LogP contribution in [0.2, 0.25) is 0 Å². The van der Waals surface area contributed by atoms with Gasteiger partial charge in [-0.05, 0) is 36.6 Å². The number of benzene rings is 1. The third-order valence-electron chi connectivity index (χ3n) is 2.77. The molecule has 18 heavy (non-hydrogen) atoms. The van der Waals surface area contributed by atoms with Crippen molar-refractivity contribution in [2.24, 2.45) is 5.92 Å². The molecule has 0 saturated heterocycles. The highest BCUT2D eigenvalue weighted by Gasteiger charge is 1.98. The first-order valence-electron chi connectivity index (χ1n) is 6.56. The van der Waals surface area contributed by atoms with E-state index in [0.29, 0.717) is 11.5 Å². The van der Waals surface area contributed by atoms with E-state index in [1.54, 1.807) is 0 Å². The van der Waals surface area contributed by atoms with Crippen LogP contribution in [0.5, 0.6) is 0 Å². The average Bonchev–Trinajstić information content (AvgIpc) is 2.38. The minimum absolute atomic E-state index is 0.679. The number of hydrogen-bond acceptors (Lipinski definition) is 2. The van der Waals surface area contributed by atoms with Crippen LogP contribution in [0.3, 0.4) is 0 Å². The van der Waals surface area contributed by atoms with Gasteiger partial charge in [0.05, 0.1) is 11.6 Å². The van der Waals surface area contributed by atoms with E-state index in [-0.39, 0.29) is 0 Å². The summed E-state index contributed by atoms with van der Waals surface area (Å²) in [5.74, 6) is 0.679. The van der Waals surface area contributed by atoms with E-state index in [2.05, 4.69) is 38.2 Å². The molecule has 0 atom stereocenters. The second kappa shape index (κ2) is 7.68. The molecule has 1 rings (SSSR count). The van der Waals surface area contributed by atoms with Crippen molar-refractivity contribution in [1.29, 1.82) is 5.26 Å². The van der Waals surface area contributed by atoms with Crippen LogP contribution in [0.1, 0.15) is 38.3 Å². The summed E-state index contributed by atoms with van der Waals surface area (Å²) in [7, 11) is 0. The molecular weight excluding hydrogens is 220 g/mol. The van der Waals surface area contributed by atoms with Gasteiger partial charge >= 0.3 is 0 Å². The summed E-state index contributed by atoms with van der Waals surface area (Å²) in [6, 6.07) is 9.85. The van der Waals surface area contributed by atoms with E-state index in [1.807, 2.05) is 24.3 Å². The molecule has 0 aliphatic heterocycles. The molecule has 0 aromatic heterocycles. The van der Waals surface area contributed by atoms with E-state index in [0.717, 1.165) is 25.1 Å². The number of hydrogen-bond donors (Lipinski definition) is 1. The van der Waals surface area contributed by atoms with Crippen LogP contribution in [0.25, 0.3) is 6.08 Å². The average molecular weight is 242 g/mol. The Morgan fingerprint density at radius 3 is 2.50 bits per heavy atom. The molecular formula is C16H22N2. The molecule has 2 nitrogen and oxygen atoms in total. The van der Waals surface area contributed by atoms with Crippen molar-refractivity contribution in [3.8, 4) is 6.07 Å². The molecule has 1 N–H and O–H groups in total. The highest BCUT2D eigenvalue weighted by molar-refractivity contribution is 5.54. The van der Waals surface area contributed by atoms with Gasteiger partial charge in [0.15, 0.2) is 0 Å². The Balaban J connectivity index is 2.62. The molecule has 96 valence electrons. The molecule has 0 amide bonds. The van der Waals surface area contributed by atoms with Gasteiger partial charge in [0.1, 0.15) is 0 Å². The minimum atomic E-state index is 0.679. The van der Waals surface area contributed by atoms with Crippen LogP contribution < -0.4 is 5.32 Å². The topological polar surface area (TPSA) is 35.8 Å². The molecule has 0 saturated carbocycles. The van der Waals surface area contributed by atoms with Crippen molar-refractivity contribution in [1.82, 2.24) is 5.32 Å². The van der Waals surface area contributed by atoms with Gasteiger partial charge < -0.3 is 5.32 Å². The van der Waals surface area contributed by atoms with E-state index in [9.17, 15) is 0 Å². The van der Waals surface area contributed by atoms with Crippen molar-refractivity contribution in [2.75, 3.05) is 13.1 Å². The fourth-order valence-electron chi connectivity index (χ4n) is 1.69. The Labute approximate surface area is 110 Å². The Morgan fingerprint density at radius 1 is 1.33 bits per heavy atom. The Hall–Kier alpha value is -1.59. The van der Waals surface area contributed by atoms with Crippen LogP contribution in [0.4, 0.5) is 0 Å². The summed E-state index contributed by atoms with van der Waals surface area (Å²) in [5.41, 5.74) is 3.26. The van der Waals surface area contributed by atoms with E-state index < -0.39 is 0 Å². The molecule has 0 fully saturated rings. The van der Waals surface area contributed by atoms with Gasteiger partial charge in [0, 0.05) is 6.54 Å². The Bertz CT molecular complexity index is 421. The van der Waals surface area contributed by atoms with Crippen LogP contribution in [0, 0.1) is 17.2 Å². The van der Waals surface area contributed by atoms with Crippen molar-refractivity contribution in [3.63, 3.8) is 0 Å². The summed E-state index contributed by atoms with van der Waals surface area (Å²) < 4.78 is 0. The van der Waals surface area contributed by atoms with E-state index in [4.69, 9.17) is 5.26 Å². The summed E-state index contributed by atoms with van der Waals surface area (Å²) in [4.78, 5) is 0. The fraction of sp³-hybridized carbons (Fsp3) is 0.438. The van der Waals surface area contributed by atoms with Crippen LogP contribution in [0.15, 0.2) is 29.8 Å². The lowest BCUT2D eigenvalue weighted by atomic mass is 10.1. The fourth-order valence-corrected chi connectivity index (χ4v) is 1.69. The van der Waals surface area contributed by atoms with E-state index >= 15 is 0 Å². The Morgan fingerprint density at radius 2 is 2.00 bits per heavy atom. The van der Waals surface area contributed by atoms with Crippen LogP contribution in [-0.4, -0.2) is 13.1 Å². The maximum absolute atomic E-state index is 8.75. The third kappa shape index (κ3) is 5.16. The first-order chi connectivity index (χ1) is 8.65. The van der Waals surface area contributed by atoms with Crippen molar-refractivity contribution in [2.45, 2.75) is 27.2 Å². The normalized spacial score (nSPS) is 11.6. The van der Waals surface area contributed by atoms with Crippen molar-refractivity contribution < 1.29 is 0 Å². The predicted molar refractivity (Wildman–Crippen MR) is 77.1 cm³/mol. The quantitative estimate of drug-likeness (QED) is 0.827. The predicted octanol–water partition coefficient (Wildman–Crippen LogP) is 3.60. The molecule has 0 spiro atoms. The largest absolute Gasteiger partial charge is 0.313 e. The van der Waals surface area contributed by atoms with Gasteiger partial charge in [-0.3, -0.25) is 0 Å². The lowest BCUT2D eigenvalue weighted by Crippen LogP contribution is -2.21. The number of nitrogens with one attached hydrogen (secondary N) is 1. The number of rotatable bonds is 6. The zero-order chi connectivity index (χ0) is 13.4. The number of nitrogens with zero attached hydrogens (tertiary/aromatic N) is 1. The van der Waals surface area contributed by atoms with Crippen molar-refractivity contribution in [3.05, 3.63) is 41.0 Å². The van der Waals surface area contributed by atoms with Gasteiger partial charge in [-0.2, -0.15) is 5.26 Å². The molecule has 0 bridgehead atoms. The summed E-state index contributed by atoms with van der Waals surface area (Å²) in [6.45, 7) is 8.58. The highest BCUT2D eigenvalue weighted by Crippen LogP contribution is 2.10. The first kappa shape index (κ1) is 14.5. The smallest absolute Gasteiger partial charge is 0.0991 e. The summed E-state index contributed by atoms with van der Waals surface area (Å²) in [6.07, 6.45) is 3.25. The molecule has 0 unspecified atom stereocenters. The molecule has 0 aliphatic rings. The van der Waals surface area contributed by atoms with Crippen LogP contribution in [-0.2, 0) is 0 Å². The van der Waals surface area contributed by atoms with E-state index in [1.165, 1.54) is 5.57 Å². The minimum Gasteiger partial charge on any atom is -0.313 e. The highest BCUT2D eigenvalue weighted by atomic mass is 14.9. The zero-order valence-electron chi connectivity index (χ0n) is 11.5. The van der Waals surface area contributed by atoms with Gasteiger partial charge in [0.2, 0.25) is 0 Å². The lowest BCUT2D eigenvalue weighted by Gasteiger charge is -2.09. The van der Waals surface area contributed by atoms with Gasteiger partial charge in [0.25, 0.3) is 0 Å². The third-order valence-corrected chi connectivity index (χ3v) is 2.77. The SMILES string of the molecule is CCC(=Cc1ccc(C#N)cc1)CNCC(C)C. The molecule has 0 aliphatic carbocycles. The first-order valence-corrected chi connectivity index (χ1v) is 6.56. The molecule has 0 heterocycles. The molecule has 0 radical (unpaired) electrons. The molecule has 2 heteroatoms. The zero-order valence-corrected chi connectivity index (χ0v) is 11.5. The molecule has 1 aromatic carbocycles. The van der Waals surface area contributed by atoms with Gasteiger partial charge in [-0.25, -0.2) is 0 Å². The molecule has 1 aromatic rings. The summed E-state index contributed by atoms with van der Waals surface area (Å²) in [5, 5.41) is 12.2. The summed E-state index contributed by atoms with van der Waals surface area (Å²) >= 11 is 0.